The van der Waals surface area contributed by atoms with Crippen LogP contribution in [0.3, 0.4) is 0 Å². The Balaban J connectivity index is 2.43. The molecular formula is C8H7BrO2. The maximum Gasteiger partial charge on any atom is 0.189 e. The largest absolute Gasteiger partial charge is 0.467 e. The average Bonchev–Trinajstić information content (AvgIpc) is 2.04. The van der Waals surface area contributed by atoms with Crippen LogP contribution in [0.1, 0.15) is 5.56 Å². The molecule has 0 bridgehead atoms. The molecular weight excluding hydrogens is 208 g/mol. The van der Waals surface area contributed by atoms with Crippen LogP contribution in [0.5, 0.6) is 5.75 Å². The summed E-state index contributed by atoms with van der Waals surface area (Å²) in [7, 11) is 0. The summed E-state index contributed by atoms with van der Waals surface area (Å²) in [6, 6.07) is 5.94. The van der Waals surface area contributed by atoms with Crippen LogP contribution in [0.15, 0.2) is 22.7 Å². The van der Waals surface area contributed by atoms with Crippen molar-refractivity contribution in [3.63, 3.8) is 0 Å². The number of rotatable bonds is 0. The van der Waals surface area contributed by atoms with Gasteiger partial charge in [-0.15, -0.1) is 0 Å². The second-order valence-electron chi connectivity index (χ2n) is 2.36. The van der Waals surface area contributed by atoms with Crippen molar-refractivity contribution in [2.75, 3.05) is 6.79 Å². The van der Waals surface area contributed by atoms with Gasteiger partial charge in [0, 0.05) is 10.0 Å². The van der Waals surface area contributed by atoms with Gasteiger partial charge in [0.15, 0.2) is 6.79 Å². The number of halogens is 1. The Hall–Kier alpha value is -0.540. The lowest BCUT2D eigenvalue weighted by molar-refractivity contribution is -0.0164. The zero-order valence-corrected chi connectivity index (χ0v) is 7.43. The Labute approximate surface area is 73.3 Å². The molecule has 2 nitrogen and oxygen atoms in total. The first-order valence-corrected chi connectivity index (χ1v) is 4.14. The molecule has 0 fully saturated rings. The van der Waals surface area contributed by atoms with Crippen molar-refractivity contribution in [2.45, 2.75) is 6.61 Å². The summed E-state index contributed by atoms with van der Waals surface area (Å²) < 4.78 is 11.4. The number of hydrogen-bond donors (Lipinski definition) is 0. The monoisotopic (exact) mass is 214 g/mol. The lowest BCUT2D eigenvalue weighted by atomic mass is 10.2. The van der Waals surface area contributed by atoms with E-state index in [2.05, 4.69) is 15.9 Å². The van der Waals surface area contributed by atoms with Crippen LogP contribution in [-0.4, -0.2) is 6.79 Å². The molecule has 0 amide bonds. The summed E-state index contributed by atoms with van der Waals surface area (Å²) in [6.45, 7) is 1.02. The smallest absolute Gasteiger partial charge is 0.189 e. The third-order valence-electron chi connectivity index (χ3n) is 1.58. The molecule has 1 aliphatic heterocycles. The molecule has 3 heteroatoms. The molecule has 1 aliphatic rings. The molecule has 0 unspecified atom stereocenters. The highest BCUT2D eigenvalue weighted by molar-refractivity contribution is 9.10. The van der Waals surface area contributed by atoms with Gasteiger partial charge in [-0.05, 0) is 12.1 Å². The van der Waals surface area contributed by atoms with E-state index in [0.29, 0.717) is 13.4 Å². The summed E-state index contributed by atoms with van der Waals surface area (Å²) >= 11 is 3.37. The zero-order valence-electron chi connectivity index (χ0n) is 5.84. The fourth-order valence-corrected chi connectivity index (χ4v) is 1.38. The van der Waals surface area contributed by atoms with Crippen LogP contribution in [0.4, 0.5) is 0 Å². The molecule has 0 atom stereocenters. The van der Waals surface area contributed by atoms with Crippen molar-refractivity contribution in [1.29, 1.82) is 0 Å². The van der Waals surface area contributed by atoms with Gasteiger partial charge in [0.2, 0.25) is 0 Å². The quantitative estimate of drug-likeness (QED) is 0.661. The molecule has 1 heterocycles. The number of ether oxygens (including phenoxy) is 2. The molecule has 0 saturated heterocycles. The van der Waals surface area contributed by atoms with Crippen molar-refractivity contribution >= 4 is 15.9 Å². The summed E-state index contributed by atoms with van der Waals surface area (Å²) in [5, 5.41) is 0. The molecule has 0 saturated carbocycles. The Morgan fingerprint density at radius 1 is 1.36 bits per heavy atom. The van der Waals surface area contributed by atoms with E-state index in [-0.39, 0.29) is 0 Å². The van der Waals surface area contributed by atoms with Crippen LogP contribution >= 0.6 is 15.9 Å². The van der Waals surface area contributed by atoms with E-state index >= 15 is 0 Å². The van der Waals surface area contributed by atoms with Gasteiger partial charge in [0.25, 0.3) is 0 Å². The first-order chi connectivity index (χ1) is 5.36. The molecule has 0 spiro atoms. The standard InChI is InChI=1S/C8H7BrO2/c9-7-2-1-6-4-10-5-11-8(6)3-7/h1-3H,4-5H2. The van der Waals surface area contributed by atoms with Gasteiger partial charge in [-0.3, -0.25) is 0 Å². The molecule has 0 aliphatic carbocycles. The molecule has 0 N–H and O–H groups in total. The first kappa shape index (κ1) is 7.13. The van der Waals surface area contributed by atoms with Crippen molar-refractivity contribution in [2.24, 2.45) is 0 Å². The molecule has 1 aromatic rings. The maximum atomic E-state index is 5.25. The highest BCUT2D eigenvalue weighted by atomic mass is 79.9. The molecule has 58 valence electrons. The second-order valence-corrected chi connectivity index (χ2v) is 3.28. The van der Waals surface area contributed by atoms with Gasteiger partial charge in [0.1, 0.15) is 5.75 Å². The maximum absolute atomic E-state index is 5.25. The second kappa shape index (κ2) is 2.83. The van der Waals surface area contributed by atoms with Crippen LogP contribution in [-0.2, 0) is 11.3 Å². The van der Waals surface area contributed by atoms with Gasteiger partial charge >= 0.3 is 0 Å². The van der Waals surface area contributed by atoms with Crippen molar-refractivity contribution in [3.05, 3.63) is 28.2 Å². The van der Waals surface area contributed by atoms with Crippen molar-refractivity contribution in [1.82, 2.24) is 0 Å². The number of hydrogen-bond acceptors (Lipinski definition) is 2. The lowest BCUT2D eigenvalue weighted by Gasteiger charge is -2.17. The summed E-state index contributed by atoms with van der Waals surface area (Å²) in [5.41, 5.74) is 1.11. The number of fused-ring (bicyclic) bond motifs is 1. The molecule has 1 aromatic carbocycles. The van der Waals surface area contributed by atoms with Crippen LogP contribution in [0.2, 0.25) is 0 Å². The predicted molar refractivity (Wildman–Crippen MR) is 44.4 cm³/mol. The molecule has 2 rings (SSSR count). The fraction of sp³-hybridized carbons (Fsp3) is 0.250. The highest BCUT2D eigenvalue weighted by Crippen LogP contribution is 2.26. The Morgan fingerprint density at radius 3 is 3.18 bits per heavy atom. The normalized spacial score (nSPS) is 15.4. The van der Waals surface area contributed by atoms with E-state index in [1.165, 1.54) is 0 Å². The Morgan fingerprint density at radius 2 is 2.27 bits per heavy atom. The SMILES string of the molecule is Brc1ccc2c(c1)OCOC2. The Kier molecular flexibility index (Phi) is 1.84. The van der Waals surface area contributed by atoms with E-state index in [4.69, 9.17) is 9.47 Å². The summed E-state index contributed by atoms with van der Waals surface area (Å²) in [4.78, 5) is 0. The topological polar surface area (TPSA) is 18.5 Å². The van der Waals surface area contributed by atoms with Gasteiger partial charge in [-0.2, -0.15) is 0 Å². The average molecular weight is 215 g/mol. The molecule has 0 radical (unpaired) electrons. The van der Waals surface area contributed by atoms with Crippen LogP contribution in [0.25, 0.3) is 0 Å². The summed E-state index contributed by atoms with van der Waals surface area (Å²) in [6.07, 6.45) is 0. The van der Waals surface area contributed by atoms with E-state index in [0.717, 1.165) is 15.8 Å². The van der Waals surface area contributed by atoms with E-state index in [9.17, 15) is 0 Å². The minimum absolute atomic E-state index is 0.365. The third kappa shape index (κ3) is 1.39. The van der Waals surface area contributed by atoms with Crippen LogP contribution in [0, 0.1) is 0 Å². The number of benzene rings is 1. The van der Waals surface area contributed by atoms with E-state index < -0.39 is 0 Å². The van der Waals surface area contributed by atoms with Crippen LogP contribution < -0.4 is 4.74 Å². The third-order valence-corrected chi connectivity index (χ3v) is 2.08. The van der Waals surface area contributed by atoms with Gasteiger partial charge in [-0.25, -0.2) is 0 Å². The minimum Gasteiger partial charge on any atom is -0.467 e. The van der Waals surface area contributed by atoms with Gasteiger partial charge in [-0.1, -0.05) is 22.0 Å². The van der Waals surface area contributed by atoms with E-state index in [1.54, 1.807) is 0 Å². The summed E-state index contributed by atoms with van der Waals surface area (Å²) in [5.74, 6) is 0.922. The van der Waals surface area contributed by atoms with Crippen molar-refractivity contribution in [3.8, 4) is 5.75 Å². The molecule has 0 aromatic heterocycles. The first-order valence-electron chi connectivity index (χ1n) is 3.35. The van der Waals surface area contributed by atoms with E-state index in [1.807, 2.05) is 18.2 Å². The molecule has 11 heavy (non-hydrogen) atoms. The van der Waals surface area contributed by atoms with Gasteiger partial charge in [0.05, 0.1) is 6.61 Å². The van der Waals surface area contributed by atoms with Gasteiger partial charge < -0.3 is 9.47 Å². The van der Waals surface area contributed by atoms with Crippen molar-refractivity contribution < 1.29 is 9.47 Å². The minimum atomic E-state index is 0.365. The lowest BCUT2D eigenvalue weighted by Crippen LogP contribution is -2.10. The predicted octanol–water partition coefficient (Wildman–Crippen LogP) is 2.32. The highest BCUT2D eigenvalue weighted by Gasteiger charge is 2.09. The zero-order chi connectivity index (χ0) is 7.68. The fourth-order valence-electron chi connectivity index (χ4n) is 1.04. The Bertz CT molecular complexity index is 273.